The third-order valence-corrected chi connectivity index (χ3v) is 5.06. The molecule has 0 bridgehead atoms. The molecular weight excluding hydrogens is 248 g/mol. The van der Waals surface area contributed by atoms with E-state index in [-0.39, 0.29) is 5.75 Å². The first kappa shape index (κ1) is 13.4. The molecule has 100 valence electrons. The van der Waals surface area contributed by atoms with Crippen LogP contribution in [0.2, 0.25) is 0 Å². The van der Waals surface area contributed by atoms with Crippen LogP contribution in [0, 0.1) is 0 Å². The van der Waals surface area contributed by atoms with Crippen LogP contribution in [0.1, 0.15) is 13.8 Å². The molecule has 1 atom stereocenters. The molecule has 1 saturated heterocycles. The predicted molar refractivity (Wildman–Crippen MR) is 73.8 cm³/mol. The number of rotatable bonds is 3. The van der Waals surface area contributed by atoms with E-state index in [1.54, 1.807) is 19.1 Å². The topological polar surface area (TPSA) is 49.4 Å². The molecule has 1 aliphatic heterocycles. The molecule has 18 heavy (non-hydrogen) atoms. The molecule has 0 radical (unpaired) electrons. The minimum absolute atomic E-state index is 0.150. The second-order valence-electron chi connectivity index (χ2n) is 4.70. The number of sulfone groups is 1. The van der Waals surface area contributed by atoms with Gasteiger partial charge in [0.25, 0.3) is 0 Å². The largest absolute Gasteiger partial charge is 0.369 e. The summed E-state index contributed by atoms with van der Waals surface area (Å²) >= 11 is 0. The third-order valence-electron chi connectivity index (χ3n) is 3.31. The number of benzene rings is 1. The van der Waals surface area contributed by atoms with Gasteiger partial charge in [-0.1, -0.05) is 6.92 Å². The van der Waals surface area contributed by atoms with Crippen molar-refractivity contribution in [2.45, 2.75) is 24.8 Å². The van der Waals surface area contributed by atoms with Gasteiger partial charge in [0, 0.05) is 31.4 Å². The molecule has 4 nitrogen and oxygen atoms in total. The van der Waals surface area contributed by atoms with Gasteiger partial charge in [0.15, 0.2) is 9.84 Å². The molecule has 1 heterocycles. The molecule has 1 fully saturated rings. The van der Waals surface area contributed by atoms with E-state index in [2.05, 4.69) is 17.1 Å². The highest BCUT2D eigenvalue weighted by molar-refractivity contribution is 7.91. The molecule has 1 aromatic rings. The van der Waals surface area contributed by atoms with Gasteiger partial charge < -0.3 is 10.2 Å². The number of piperazine rings is 1. The van der Waals surface area contributed by atoms with Gasteiger partial charge in [-0.2, -0.15) is 0 Å². The number of nitrogens with one attached hydrogen (secondary N) is 1. The summed E-state index contributed by atoms with van der Waals surface area (Å²) in [5.74, 6) is 0.150. The Kier molecular flexibility index (Phi) is 3.92. The molecule has 1 N–H and O–H groups in total. The van der Waals surface area contributed by atoms with E-state index in [9.17, 15) is 8.42 Å². The second kappa shape index (κ2) is 5.28. The molecule has 0 aliphatic carbocycles. The highest BCUT2D eigenvalue weighted by atomic mass is 32.2. The summed E-state index contributed by atoms with van der Waals surface area (Å²) in [6.45, 7) is 6.71. The maximum absolute atomic E-state index is 11.7. The smallest absolute Gasteiger partial charge is 0.178 e. The zero-order chi connectivity index (χ0) is 13.2. The summed E-state index contributed by atoms with van der Waals surface area (Å²) in [7, 11) is -3.09. The molecule has 0 amide bonds. The zero-order valence-corrected chi connectivity index (χ0v) is 11.7. The van der Waals surface area contributed by atoms with Crippen molar-refractivity contribution in [1.82, 2.24) is 5.32 Å². The average molecular weight is 268 g/mol. The summed E-state index contributed by atoms with van der Waals surface area (Å²) in [6, 6.07) is 7.70. The Morgan fingerprint density at radius 1 is 1.33 bits per heavy atom. The van der Waals surface area contributed by atoms with E-state index in [0.717, 1.165) is 25.3 Å². The molecular formula is C13H20N2O2S. The van der Waals surface area contributed by atoms with Crippen molar-refractivity contribution in [3.05, 3.63) is 24.3 Å². The molecule has 0 saturated carbocycles. The van der Waals surface area contributed by atoms with E-state index in [1.165, 1.54) is 0 Å². The Bertz CT molecular complexity index is 496. The van der Waals surface area contributed by atoms with E-state index >= 15 is 0 Å². The van der Waals surface area contributed by atoms with E-state index < -0.39 is 9.84 Å². The van der Waals surface area contributed by atoms with Crippen molar-refractivity contribution < 1.29 is 8.42 Å². The molecule has 5 heteroatoms. The SMILES string of the molecule is CCS(=O)(=O)c1ccc(N2CCN[C@@H](C)C2)cc1. The Balaban J connectivity index is 2.17. The van der Waals surface area contributed by atoms with E-state index in [0.29, 0.717) is 10.9 Å². The van der Waals surface area contributed by atoms with Crippen molar-refractivity contribution in [1.29, 1.82) is 0 Å². The number of hydrogen-bond acceptors (Lipinski definition) is 4. The maximum atomic E-state index is 11.7. The molecule has 1 aromatic carbocycles. The Hall–Kier alpha value is -1.07. The zero-order valence-electron chi connectivity index (χ0n) is 10.9. The Labute approximate surface area is 109 Å². The van der Waals surface area contributed by atoms with Crippen LogP contribution in [0.15, 0.2) is 29.2 Å². The van der Waals surface area contributed by atoms with Crippen LogP contribution in [-0.4, -0.2) is 39.8 Å². The van der Waals surface area contributed by atoms with E-state index in [4.69, 9.17) is 0 Å². The minimum Gasteiger partial charge on any atom is -0.369 e. The van der Waals surface area contributed by atoms with Crippen LogP contribution in [0.4, 0.5) is 5.69 Å². The fourth-order valence-corrected chi connectivity index (χ4v) is 3.08. The van der Waals surface area contributed by atoms with Gasteiger partial charge in [0.1, 0.15) is 0 Å². The molecule has 1 aliphatic rings. The Morgan fingerprint density at radius 3 is 2.56 bits per heavy atom. The second-order valence-corrected chi connectivity index (χ2v) is 6.98. The summed E-state index contributed by atoms with van der Waals surface area (Å²) in [5, 5.41) is 3.39. The van der Waals surface area contributed by atoms with Crippen LogP contribution in [0.5, 0.6) is 0 Å². The summed E-state index contributed by atoms with van der Waals surface area (Å²) in [6.07, 6.45) is 0. The van der Waals surface area contributed by atoms with Gasteiger partial charge in [-0.05, 0) is 31.2 Å². The first-order valence-electron chi connectivity index (χ1n) is 6.34. The first-order chi connectivity index (χ1) is 8.53. The quantitative estimate of drug-likeness (QED) is 0.897. The molecule has 0 unspecified atom stereocenters. The fourth-order valence-electron chi connectivity index (χ4n) is 2.20. The van der Waals surface area contributed by atoms with E-state index in [1.807, 2.05) is 12.1 Å². The van der Waals surface area contributed by atoms with Crippen molar-refractivity contribution in [2.75, 3.05) is 30.3 Å². The lowest BCUT2D eigenvalue weighted by Crippen LogP contribution is -2.49. The van der Waals surface area contributed by atoms with Crippen LogP contribution in [0.3, 0.4) is 0 Å². The summed E-state index contributed by atoms with van der Waals surface area (Å²) < 4.78 is 23.4. The van der Waals surface area contributed by atoms with Crippen molar-refractivity contribution in [3.63, 3.8) is 0 Å². The highest BCUT2D eigenvalue weighted by Crippen LogP contribution is 2.19. The van der Waals surface area contributed by atoms with Gasteiger partial charge in [0.2, 0.25) is 0 Å². The normalized spacial score (nSPS) is 21.0. The summed E-state index contributed by atoms with van der Waals surface area (Å²) in [4.78, 5) is 2.70. The molecule has 0 spiro atoms. The number of hydrogen-bond donors (Lipinski definition) is 1. The first-order valence-corrected chi connectivity index (χ1v) is 7.99. The van der Waals surface area contributed by atoms with Crippen LogP contribution in [0.25, 0.3) is 0 Å². The Morgan fingerprint density at radius 2 is 2.00 bits per heavy atom. The van der Waals surface area contributed by atoms with Crippen molar-refractivity contribution in [3.8, 4) is 0 Å². The van der Waals surface area contributed by atoms with Crippen molar-refractivity contribution in [2.24, 2.45) is 0 Å². The summed E-state index contributed by atoms with van der Waals surface area (Å²) in [5.41, 5.74) is 1.10. The maximum Gasteiger partial charge on any atom is 0.178 e. The highest BCUT2D eigenvalue weighted by Gasteiger charge is 2.17. The number of anilines is 1. The monoisotopic (exact) mass is 268 g/mol. The van der Waals surface area contributed by atoms with Crippen molar-refractivity contribution >= 4 is 15.5 Å². The van der Waals surface area contributed by atoms with Gasteiger partial charge >= 0.3 is 0 Å². The number of nitrogens with zero attached hydrogens (tertiary/aromatic N) is 1. The predicted octanol–water partition coefficient (Wildman–Crippen LogP) is 1.28. The van der Waals surface area contributed by atoms with Gasteiger partial charge in [0.05, 0.1) is 10.6 Å². The van der Waals surface area contributed by atoms with Crippen LogP contribution < -0.4 is 10.2 Å². The lowest BCUT2D eigenvalue weighted by atomic mass is 10.2. The van der Waals surface area contributed by atoms with Crippen LogP contribution in [-0.2, 0) is 9.84 Å². The molecule has 0 aromatic heterocycles. The fraction of sp³-hybridized carbons (Fsp3) is 0.538. The standard InChI is InChI=1S/C13H20N2O2S/c1-3-18(16,17)13-6-4-12(5-7-13)15-9-8-14-11(2)10-15/h4-7,11,14H,3,8-10H2,1-2H3/t11-/m0/s1. The van der Waals surface area contributed by atoms with Gasteiger partial charge in [-0.25, -0.2) is 8.42 Å². The lowest BCUT2D eigenvalue weighted by molar-refractivity contribution is 0.485. The molecule has 2 rings (SSSR count). The van der Waals surface area contributed by atoms with Gasteiger partial charge in [-0.15, -0.1) is 0 Å². The average Bonchev–Trinajstić information content (AvgIpc) is 2.39. The van der Waals surface area contributed by atoms with Crippen LogP contribution >= 0.6 is 0 Å². The third kappa shape index (κ3) is 2.84. The minimum atomic E-state index is -3.09. The lowest BCUT2D eigenvalue weighted by Gasteiger charge is -2.33. The van der Waals surface area contributed by atoms with Gasteiger partial charge in [-0.3, -0.25) is 0 Å².